The Hall–Kier alpha value is -2.98. The van der Waals surface area contributed by atoms with Crippen LogP contribution in [-0.4, -0.2) is 57.3 Å². The van der Waals surface area contributed by atoms with E-state index in [1.165, 1.54) is 11.0 Å². The number of carbonyl (C=O) groups is 2. The maximum absolute atomic E-state index is 13.7. The highest BCUT2D eigenvalue weighted by Gasteiger charge is 2.32. The molecule has 3 rings (SSSR count). The van der Waals surface area contributed by atoms with Gasteiger partial charge >= 0.3 is 0 Å². The van der Waals surface area contributed by atoms with Crippen molar-refractivity contribution in [2.45, 2.75) is 39.8 Å². The zero-order valence-electron chi connectivity index (χ0n) is 20.9. The zero-order chi connectivity index (χ0) is 26.5. The van der Waals surface area contributed by atoms with Crippen molar-refractivity contribution in [2.24, 2.45) is 5.92 Å². The first-order valence-electron chi connectivity index (χ1n) is 11.7. The van der Waals surface area contributed by atoms with Crippen molar-refractivity contribution >= 4 is 39.1 Å². The molecule has 0 aromatic heterocycles. The summed E-state index contributed by atoms with van der Waals surface area (Å²) in [5.74, 6) is 0.267. The Morgan fingerprint density at radius 3 is 2.44 bits per heavy atom. The smallest absolute Gasteiger partial charge is 0.244 e. The van der Waals surface area contributed by atoms with Gasteiger partial charge in [-0.3, -0.25) is 13.9 Å². The summed E-state index contributed by atoms with van der Waals surface area (Å²) in [6.07, 6.45) is 1.36. The number of ether oxygens (including phenoxy) is 2. The topological polar surface area (TPSA) is 105 Å². The minimum Gasteiger partial charge on any atom is -0.454 e. The highest BCUT2D eigenvalue weighted by molar-refractivity contribution is 7.92. The fourth-order valence-electron chi connectivity index (χ4n) is 3.81. The number of nitrogens with zero attached hydrogens (tertiary/aromatic N) is 2. The molecule has 0 saturated heterocycles. The number of nitrogens with one attached hydrogen (secondary N) is 1. The van der Waals surface area contributed by atoms with Crippen LogP contribution in [0.1, 0.15) is 32.8 Å². The van der Waals surface area contributed by atoms with E-state index in [2.05, 4.69) is 5.32 Å². The van der Waals surface area contributed by atoms with Crippen molar-refractivity contribution < 1.29 is 27.5 Å². The van der Waals surface area contributed by atoms with E-state index in [1.54, 1.807) is 43.3 Å². The van der Waals surface area contributed by atoms with Crippen LogP contribution in [0.4, 0.5) is 5.69 Å². The second-order valence-electron chi connectivity index (χ2n) is 8.98. The van der Waals surface area contributed by atoms with Crippen LogP contribution in [0.25, 0.3) is 0 Å². The highest BCUT2D eigenvalue weighted by Crippen LogP contribution is 2.36. The lowest BCUT2D eigenvalue weighted by Crippen LogP contribution is -2.52. The number of fused-ring (bicyclic) bond motifs is 1. The van der Waals surface area contributed by atoms with Crippen LogP contribution in [-0.2, 0) is 26.2 Å². The van der Waals surface area contributed by atoms with Gasteiger partial charge in [-0.1, -0.05) is 50.6 Å². The lowest BCUT2D eigenvalue weighted by molar-refractivity contribution is -0.140. The van der Waals surface area contributed by atoms with E-state index in [0.717, 1.165) is 10.6 Å². The molecule has 9 nitrogen and oxygen atoms in total. The van der Waals surface area contributed by atoms with E-state index in [0.29, 0.717) is 35.1 Å². The molecule has 0 aliphatic carbocycles. The molecule has 1 heterocycles. The molecule has 2 amide bonds. The van der Waals surface area contributed by atoms with E-state index >= 15 is 0 Å². The quantitative estimate of drug-likeness (QED) is 0.471. The lowest BCUT2D eigenvalue weighted by atomic mass is 10.1. The number of hydrogen-bond donors (Lipinski definition) is 1. The molecule has 1 N–H and O–H groups in total. The first-order valence-corrected chi connectivity index (χ1v) is 13.9. The maximum Gasteiger partial charge on any atom is 0.244 e. The number of halogens is 1. The van der Waals surface area contributed by atoms with Crippen molar-refractivity contribution in [1.29, 1.82) is 0 Å². The van der Waals surface area contributed by atoms with Gasteiger partial charge in [0.15, 0.2) is 11.5 Å². The van der Waals surface area contributed by atoms with Crippen molar-refractivity contribution in [1.82, 2.24) is 10.2 Å². The Labute approximate surface area is 217 Å². The normalized spacial score (nSPS) is 13.4. The molecule has 0 spiro atoms. The van der Waals surface area contributed by atoms with Crippen molar-refractivity contribution in [3.8, 4) is 11.5 Å². The summed E-state index contributed by atoms with van der Waals surface area (Å²) in [6.45, 7) is 5.79. The Kier molecular flexibility index (Phi) is 9.08. The Bertz CT molecular complexity index is 1200. The monoisotopic (exact) mass is 537 g/mol. The van der Waals surface area contributed by atoms with Gasteiger partial charge in [-0.25, -0.2) is 8.42 Å². The number of rotatable bonds is 11. The summed E-state index contributed by atoms with van der Waals surface area (Å²) in [7, 11) is -3.86. The SMILES string of the molecule is CC[C@@H](C(=O)NCC(C)C)N(Cc1ccccc1Cl)C(=O)CN(c1ccc2c(c1)OCO2)S(C)(=O)=O. The molecule has 1 atom stereocenters. The molecule has 0 fully saturated rings. The Balaban J connectivity index is 1.94. The molecule has 2 aromatic rings. The molecule has 2 aromatic carbocycles. The standard InChI is InChI=1S/C25H32ClN3O6S/c1-5-21(25(31)27-13-17(2)3)28(14-18-8-6-7-9-20(18)26)24(30)15-29(36(4,32)33)19-10-11-22-23(12-19)35-16-34-22/h6-12,17,21H,5,13-16H2,1-4H3,(H,27,31)/t21-/m0/s1. The zero-order valence-corrected chi connectivity index (χ0v) is 22.4. The molecular formula is C25H32ClN3O6S. The third-order valence-electron chi connectivity index (χ3n) is 5.69. The van der Waals surface area contributed by atoms with Gasteiger partial charge in [0.2, 0.25) is 28.6 Å². The van der Waals surface area contributed by atoms with Gasteiger partial charge < -0.3 is 19.7 Å². The minimum atomic E-state index is -3.86. The third-order valence-corrected chi connectivity index (χ3v) is 7.20. The number of benzene rings is 2. The Morgan fingerprint density at radius 1 is 1.11 bits per heavy atom. The fourth-order valence-corrected chi connectivity index (χ4v) is 4.84. The molecule has 1 aliphatic rings. The third kappa shape index (κ3) is 6.82. The first kappa shape index (κ1) is 27.6. The van der Waals surface area contributed by atoms with E-state index in [9.17, 15) is 18.0 Å². The molecular weight excluding hydrogens is 506 g/mol. The van der Waals surface area contributed by atoms with Gasteiger partial charge in [0, 0.05) is 24.2 Å². The average Bonchev–Trinajstić information content (AvgIpc) is 3.29. The molecule has 0 unspecified atom stereocenters. The minimum absolute atomic E-state index is 0.0336. The van der Waals surface area contributed by atoms with Gasteiger partial charge in [0.1, 0.15) is 12.6 Å². The fraction of sp³-hybridized carbons (Fsp3) is 0.440. The van der Waals surface area contributed by atoms with Crippen molar-refractivity contribution in [3.63, 3.8) is 0 Å². The van der Waals surface area contributed by atoms with Crippen LogP contribution < -0.4 is 19.1 Å². The predicted octanol–water partition coefficient (Wildman–Crippen LogP) is 3.41. The second-order valence-corrected chi connectivity index (χ2v) is 11.3. The largest absolute Gasteiger partial charge is 0.454 e. The molecule has 196 valence electrons. The summed E-state index contributed by atoms with van der Waals surface area (Å²) < 4.78 is 37.1. The van der Waals surface area contributed by atoms with Crippen molar-refractivity contribution in [3.05, 3.63) is 53.1 Å². The van der Waals surface area contributed by atoms with Crippen LogP contribution in [0, 0.1) is 5.92 Å². The number of sulfonamides is 1. The van der Waals surface area contributed by atoms with E-state index in [-0.39, 0.29) is 30.9 Å². The highest BCUT2D eigenvalue weighted by atomic mass is 35.5. The predicted molar refractivity (Wildman–Crippen MR) is 139 cm³/mol. The molecule has 1 aliphatic heterocycles. The first-order chi connectivity index (χ1) is 17.0. The van der Waals surface area contributed by atoms with Crippen LogP contribution in [0.5, 0.6) is 11.5 Å². The molecule has 11 heteroatoms. The van der Waals surface area contributed by atoms with Crippen molar-refractivity contribution in [2.75, 3.05) is 30.4 Å². The molecule has 0 saturated carbocycles. The molecule has 0 bridgehead atoms. The number of carbonyl (C=O) groups excluding carboxylic acids is 2. The number of amides is 2. The van der Waals surface area contributed by atoms with Gasteiger partial charge in [-0.05, 0) is 36.1 Å². The van der Waals surface area contributed by atoms with Crippen LogP contribution in [0.2, 0.25) is 5.02 Å². The van der Waals surface area contributed by atoms with E-state index in [4.69, 9.17) is 21.1 Å². The lowest BCUT2D eigenvalue weighted by Gasteiger charge is -2.33. The molecule has 0 radical (unpaired) electrons. The summed E-state index contributed by atoms with van der Waals surface area (Å²) in [5, 5.41) is 3.33. The van der Waals surface area contributed by atoms with Crippen LogP contribution in [0.15, 0.2) is 42.5 Å². The Morgan fingerprint density at radius 2 is 1.81 bits per heavy atom. The van der Waals surface area contributed by atoms with Gasteiger partial charge in [-0.15, -0.1) is 0 Å². The summed E-state index contributed by atoms with van der Waals surface area (Å²) >= 11 is 6.36. The van der Waals surface area contributed by atoms with Crippen LogP contribution >= 0.6 is 11.6 Å². The van der Waals surface area contributed by atoms with Gasteiger partial charge in [0.25, 0.3) is 0 Å². The van der Waals surface area contributed by atoms with E-state index < -0.39 is 28.5 Å². The maximum atomic E-state index is 13.7. The number of anilines is 1. The summed E-state index contributed by atoms with van der Waals surface area (Å²) in [6, 6.07) is 10.9. The summed E-state index contributed by atoms with van der Waals surface area (Å²) in [4.78, 5) is 28.2. The van der Waals surface area contributed by atoms with E-state index in [1.807, 2.05) is 13.8 Å². The number of hydrogen-bond acceptors (Lipinski definition) is 6. The average molecular weight is 538 g/mol. The van der Waals surface area contributed by atoms with Gasteiger partial charge in [0.05, 0.1) is 11.9 Å². The van der Waals surface area contributed by atoms with Gasteiger partial charge in [-0.2, -0.15) is 0 Å². The molecule has 36 heavy (non-hydrogen) atoms. The summed E-state index contributed by atoms with van der Waals surface area (Å²) in [5.41, 5.74) is 0.904. The second kappa shape index (κ2) is 11.8. The van der Waals surface area contributed by atoms with Crippen LogP contribution in [0.3, 0.4) is 0 Å².